The Kier molecular flexibility index (Phi) is 11.4. The molecule has 0 saturated carbocycles. The molecule has 0 aliphatic carbocycles. The summed E-state index contributed by atoms with van der Waals surface area (Å²) < 4.78 is 29.1. The minimum Gasteiger partial charge on any atom is -0.354 e. The van der Waals surface area contributed by atoms with Gasteiger partial charge in [0.05, 0.1) is 10.6 Å². The number of carbonyl (C=O) groups excluding carboxylic acids is 2. The molecule has 0 fully saturated rings. The monoisotopic (exact) mass is 651 g/mol. The first-order chi connectivity index (χ1) is 21.0. The molecule has 0 aliphatic heterocycles. The lowest BCUT2D eigenvalue weighted by Gasteiger charge is -2.34. The molecule has 0 radical (unpaired) electrons. The summed E-state index contributed by atoms with van der Waals surface area (Å²) in [5, 5.41) is 3.40. The number of amides is 2. The molecule has 2 amide bonds. The molecule has 0 bridgehead atoms. The molecule has 7 nitrogen and oxygen atoms in total. The van der Waals surface area contributed by atoms with Crippen molar-refractivity contribution in [3.63, 3.8) is 0 Å². The highest BCUT2D eigenvalue weighted by Crippen LogP contribution is 2.30. The standard InChI is InChI=1S/C34H35Cl2N3O4S/c1-25(2)22-37-34(41)32(18-26-12-6-3-7-13-26)38(23-27-14-8-4-9-15-27)33(40)24-39(30-20-28(35)19-29(36)21-30)44(42,43)31-16-10-5-11-17-31/h3-17,19-21,25,32H,18,22-24H2,1-2H3,(H,37,41)/t32-/m1/s1. The van der Waals surface area contributed by atoms with Crippen LogP contribution in [0.3, 0.4) is 0 Å². The molecule has 0 aliphatic rings. The molecule has 0 heterocycles. The average molecular weight is 653 g/mol. The van der Waals surface area contributed by atoms with Gasteiger partial charge in [-0.05, 0) is 47.4 Å². The second-order valence-corrected chi connectivity index (χ2v) is 13.5. The highest BCUT2D eigenvalue weighted by atomic mass is 35.5. The maximum Gasteiger partial charge on any atom is 0.264 e. The van der Waals surface area contributed by atoms with Crippen LogP contribution >= 0.6 is 23.2 Å². The van der Waals surface area contributed by atoms with Gasteiger partial charge in [0.2, 0.25) is 11.8 Å². The van der Waals surface area contributed by atoms with E-state index in [1.54, 1.807) is 18.2 Å². The Bertz CT molecular complexity index is 1630. The van der Waals surface area contributed by atoms with Crippen molar-refractivity contribution in [3.8, 4) is 0 Å². The Morgan fingerprint density at radius 2 is 1.30 bits per heavy atom. The summed E-state index contributed by atoms with van der Waals surface area (Å²) in [6.07, 6.45) is 0.234. The van der Waals surface area contributed by atoms with Gasteiger partial charge in [0.1, 0.15) is 12.6 Å². The summed E-state index contributed by atoms with van der Waals surface area (Å²) in [5.74, 6) is -0.700. The molecule has 4 aromatic rings. The molecule has 1 atom stereocenters. The van der Waals surface area contributed by atoms with E-state index < -0.39 is 28.5 Å². The van der Waals surface area contributed by atoms with E-state index in [0.717, 1.165) is 15.4 Å². The van der Waals surface area contributed by atoms with E-state index >= 15 is 0 Å². The largest absolute Gasteiger partial charge is 0.354 e. The van der Waals surface area contributed by atoms with Gasteiger partial charge in [0, 0.05) is 29.6 Å². The van der Waals surface area contributed by atoms with Crippen molar-refractivity contribution in [2.75, 3.05) is 17.4 Å². The van der Waals surface area contributed by atoms with Crippen LogP contribution < -0.4 is 9.62 Å². The molecular formula is C34H35Cl2N3O4S. The van der Waals surface area contributed by atoms with Gasteiger partial charge in [-0.3, -0.25) is 13.9 Å². The Morgan fingerprint density at radius 1 is 0.773 bits per heavy atom. The predicted octanol–water partition coefficient (Wildman–Crippen LogP) is 6.60. The van der Waals surface area contributed by atoms with E-state index in [2.05, 4.69) is 5.32 Å². The van der Waals surface area contributed by atoms with Crippen LogP contribution in [0, 0.1) is 5.92 Å². The van der Waals surface area contributed by atoms with E-state index in [4.69, 9.17) is 23.2 Å². The van der Waals surface area contributed by atoms with Gasteiger partial charge in [0.15, 0.2) is 0 Å². The van der Waals surface area contributed by atoms with Crippen LogP contribution in [0.1, 0.15) is 25.0 Å². The number of sulfonamides is 1. The fraction of sp³-hybridized carbons (Fsp3) is 0.235. The molecule has 230 valence electrons. The smallest absolute Gasteiger partial charge is 0.264 e. The number of benzene rings is 4. The molecule has 4 aromatic carbocycles. The Hall–Kier alpha value is -3.85. The van der Waals surface area contributed by atoms with Crippen molar-refractivity contribution >= 4 is 50.7 Å². The number of nitrogens with one attached hydrogen (secondary N) is 1. The third kappa shape index (κ3) is 8.85. The molecule has 0 aromatic heterocycles. The van der Waals surface area contributed by atoms with Gasteiger partial charge in [-0.25, -0.2) is 8.42 Å². The molecular weight excluding hydrogens is 617 g/mol. The van der Waals surface area contributed by atoms with Crippen molar-refractivity contribution in [1.82, 2.24) is 10.2 Å². The number of carbonyl (C=O) groups is 2. The molecule has 10 heteroatoms. The van der Waals surface area contributed by atoms with Crippen LogP contribution in [-0.4, -0.2) is 44.3 Å². The summed E-state index contributed by atoms with van der Waals surface area (Å²) in [4.78, 5) is 29.7. The minimum absolute atomic E-state index is 0.00554. The van der Waals surface area contributed by atoms with Gasteiger partial charge in [0.25, 0.3) is 10.0 Å². The summed E-state index contributed by atoms with van der Waals surface area (Å²) in [6.45, 7) is 3.89. The van der Waals surface area contributed by atoms with E-state index in [9.17, 15) is 18.0 Å². The Balaban J connectivity index is 1.80. The Morgan fingerprint density at radius 3 is 1.84 bits per heavy atom. The number of rotatable bonds is 13. The third-order valence-electron chi connectivity index (χ3n) is 6.90. The maximum atomic E-state index is 14.4. The summed E-state index contributed by atoms with van der Waals surface area (Å²) in [7, 11) is -4.25. The van der Waals surface area contributed by atoms with Gasteiger partial charge in [-0.1, -0.05) is 116 Å². The van der Waals surface area contributed by atoms with Crippen LogP contribution in [0.2, 0.25) is 10.0 Å². The van der Waals surface area contributed by atoms with Crippen molar-refractivity contribution in [2.45, 2.75) is 37.8 Å². The van der Waals surface area contributed by atoms with Crippen LogP contribution in [0.25, 0.3) is 0 Å². The topological polar surface area (TPSA) is 86.8 Å². The van der Waals surface area contributed by atoms with Crippen LogP contribution in [0.5, 0.6) is 0 Å². The van der Waals surface area contributed by atoms with Gasteiger partial charge < -0.3 is 10.2 Å². The van der Waals surface area contributed by atoms with E-state index in [1.165, 1.54) is 35.2 Å². The van der Waals surface area contributed by atoms with E-state index in [1.807, 2.05) is 74.5 Å². The van der Waals surface area contributed by atoms with Crippen molar-refractivity contribution < 1.29 is 18.0 Å². The lowest BCUT2D eigenvalue weighted by atomic mass is 10.0. The second kappa shape index (κ2) is 15.2. The zero-order valence-electron chi connectivity index (χ0n) is 24.6. The zero-order valence-corrected chi connectivity index (χ0v) is 26.9. The number of hydrogen-bond donors (Lipinski definition) is 1. The van der Waals surface area contributed by atoms with Crippen LogP contribution in [0.15, 0.2) is 114 Å². The SMILES string of the molecule is CC(C)CNC(=O)[C@@H](Cc1ccccc1)N(Cc1ccccc1)C(=O)CN(c1cc(Cl)cc(Cl)c1)S(=O)(=O)c1ccccc1. The highest BCUT2D eigenvalue weighted by molar-refractivity contribution is 7.92. The first kappa shape index (κ1) is 33.1. The second-order valence-electron chi connectivity index (χ2n) is 10.8. The van der Waals surface area contributed by atoms with Crippen molar-refractivity contribution in [1.29, 1.82) is 0 Å². The van der Waals surface area contributed by atoms with Crippen molar-refractivity contribution in [2.24, 2.45) is 5.92 Å². The zero-order chi connectivity index (χ0) is 31.7. The fourth-order valence-electron chi connectivity index (χ4n) is 4.69. The first-order valence-corrected chi connectivity index (χ1v) is 16.4. The number of nitrogens with zero attached hydrogens (tertiary/aromatic N) is 2. The summed E-state index contributed by atoms with van der Waals surface area (Å²) in [5.41, 5.74) is 1.78. The number of anilines is 1. The fourth-order valence-corrected chi connectivity index (χ4v) is 6.62. The average Bonchev–Trinajstić information content (AvgIpc) is 3.01. The Labute approximate surface area is 269 Å². The number of hydrogen-bond acceptors (Lipinski definition) is 4. The molecule has 0 unspecified atom stereocenters. The van der Waals surface area contributed by atoms with Crippen molar-refractivity contribution in [3.05, 3.63) is 130 Å². The first-order valence-electron chi connectivity index (χ1n) is 14.2. The minimum atomic E-state index is -4.25. The predicted molar refractivity (Wildman–Crippen MR) is 176 cm³/mol. The summed E-state index contributed by atoms with van der Waals surface area (Å²) in [6, 6.07) is 30.0. The molecule has 44 heavy (non-hydrogen) atoms. The maximum absolute atomic E-state index is 14.4. The third-order valence-corrected chi connectivity index (χ3v) is 9.12. The highest BCUT2D eigenvalue weighted by Gasteiger charge is 2.34. The molecule has 1 N–H and O–H groups in total. The number of halogens is 2. The van der Waals surface area contributed by atoms with E-state index in [0.29, 0.717) is 6.54 Å². The molecule has 0 spiro atoms. The van der Waals surface area contributed by atoms with Crippen LogP contribution in [-0.2, 0) is 32.6 Å². The lowest BCUT2D eigenvalue weighted by Crippen LogP contribution is -2.53. The van der Waals surface area contributed by atoms with Gasteiger partial charge >= 0.3 is 0 Å². The summed E-state index contributed by atoms with van der Waals surface area (Å²) >= 11 is 12.6. The normalized spacial score (nSPS) is 12.0. The van der Waals surface area contributed by atoms with Gasteiger partial charge in [-0.2, -0.15) is 0 Å². The lowest BCUT2D eigenvalue weighted by molar-refractivity contribution is -0.140. The van der Waals surface area contributed by atoms with Crippen LogP contribution in [0.4, 0.5) is 5.69 Å². The molecule has 4 rings (SSSR count). The molecule has 0 saturated heterocycles. The van der Waals surface area contributed by atoms with Gasteiger partial charge in [-0.15, -0.1) is 0 Å². The quantitative estimate of drug-likeness (QED) is 0.176. The van der Waals surface area contributed by atoms with E-state index in [-0.39, 0.29) is 45.4 Å².